The normalized spacial score (nSPS) is 12.6. The van der Waals surface area contributed by atoms with Crippen molar-refractivity contribution < 1.29 is 19.6 Å². The summed E-state index contributed by atoms with van der Waals surface area (Å²) in [6.07, 6.45) is 2.91. The lowest BCUT2D eigenvalue weighted by Crippen LogP contribution is -2.25. The van der Waals surface area contributed by atoms with Gasteiger partial charge in [-0.05, 0) is 37.1 Å². The van der Waals surface area contributed by atoms with E-state index in [4.69, 9.17) is 4.89 Å². The quantitative estimate of drug-likeness (QED) is 0.506. The molecule has 0 amide bonds. The summed E-state index contributed by atoms with van der Waals surface area (Å²) in [7, 11) is 0. The smallest absolute Gasteiger partial charge is 0.269 e. The van der Waals surface area contributed by atoms with E-state index in [1.54, 1.807) is 0 Å². The van der Waals surface area contributed by atoms with E-state index in [1.165, 1.54) is 0 Å². The molecule has 0 aliphatic carbocycles. The molecule has 0 N–H and O–H groups in total. The number of carbonyl (C=O) groups excluding carboxylic acids is 1. The zero-order chi connectivity index (χ0) is 13.5. The van der Waals surface area contributed by atoms with Gasteiger partial charge in [-0.25, -0.2) is 4.79 Å². The molecule has 0 aromatic heterocycles. The van der Waals surface area contributed by atoms with Crippen molar-refractivity contribution in [2.45, 2.75) is 72.8 Å². The fourth-order valence-corrected chi connectivity index (χ4v) is 1.31. The van der Waals surface area contributed by atoms with Gasteiger partial charge in [-0.1, -0.05) is 34.1 Å². The molecule has 4 heteroatoms. The van der Waals surface area contributed by atoms with Gasteiger partial charge in [0, 0.05) is 6.42 Å². The van der Waals surface area contributed by atoms with Crippen LogP contribution in [-0.4, -0.2) is 11.6 Å². The molecule has 0 saturated carbocycles. The first kappa shape index (κ1) is 16.4. The summed E-state index contributed by atoms with van der Waals surface area (Å²) in [5, 5.41) is 4.53. The Hall–Kier alpha value is -0.610. The molecule has 17 heavy (non-hydrogen) atoms. The summed E-state index contributed by atoms with van der Waals surface area (Å²) in [5.74, 6) is -0.396. The summed E-state index contributed by atoms with van der Waals surface area (Å²) >= 11 is 0. The molecule has 0 spiro atoms. The van der Waals surface area contributed by atoms with Crippen LogP contribution in [0.2, 0.25) is 0 Å². The first-order valence-electron chi connectivity index (χ1n) is 6.21. The number of carbonyl (C=O) groups is 1. The zero-order valence-electron chi connectivity index (χ0n) is 12.0. The third-order valence-corrected chi connectivity index (χ3v) is 2.32. The van der Waals surface area contributed by atoms with E-state index >= 15 is 0 Å². The van der Waals surface area contributed by atoms with Gasteiger partial charge in [-0.15, -0.1) is 0 Å². The summed E-state index contributed by atoms with van der Waals surface area (Å²) in [5.41, 5.74) is -0.319. The third kappa shape index (κ3) is 10.3. The van der Waals surface area contributed by atoms with E-state index in [0.29, 0.717) is 6.42 Å². The van der Waals surface area contributed by atoms with Crippen LogP contribution >= 0.6 is 0 Å². The van der Waals surface area contributed by atoms with Gasteiger partial charge in [-0.3, -0.25) is 4.89 Å². The lowest BCUT2D eigenvalue weighted by atomic mass is 9.91. The Labute approximate surface area is 104 Å². The van der Waals surface area contributed by atoms with Gasteiger partial charge in [0.1, 0.15) is 5.60 Å². The second kappa shape index (κ2) is 6.97. The molecule has 0 saturated heterocycles. The zero-order valence-corrected chi connectivity index (χ0v) is 12.0. The van der Waals surface area contributed by atoms with Crippen molar-refractivity contribution in [1.82, 2.24) is 0 Å². The Kier molecular flexibility index (Phi) is 6.72. The minimum Gasteiger partial charge on any atom is -0.269 e. The number of hydrogen-bond acceptors (Lipinski definition) is 4. The molecule has 0 aromatic carbocycles. The molecule has 0 aromatic rings. The largest absolute Gasteiger partial charge is 0.345 e. The molecule has 0 aliphatic rings. The van der Waals surface area contributed by atoms with Crippen LogP contribution in [-0.2, 0) is 19.6 Å². The lowest BCUT2D eigenvalue weighted by Gasteiger charge is -2.21. The fourth-order valence-electron chi connectivity index (χ4n) is 1.31. The summed E-state index contributed by atoms with van der Waals surface area (Å²) in [6.45, 7) is 12.0. The monoisotopic (exact) mass is 246 g/mol. The highest BCUT2D eigenvalue weighted by Crippen LogP contribution is 2.21. The van der Waals surface area contributed by atoms with Gasteiger partial charge < -0.3 is 0 Å². The molecule has 0 rings (SSSR count). The molecule has 102 valence electrons. The maximum absolute atomic E-state index is 11.3. The van der Waals surface area contributed by atoms with Crippen LogP contribution in [0.15, 0.2) is 0 Å². The van der Waals surface area contributed by atoms with Crippen molar-refractivity contribution in [2.75, 3.05) is 0 Å². The minimum absolute atomic E-state index is 0.112. The van der Waals surface area contributed by atoms with E-state index in [2.05, 4.69) is 37.6 Å². The predicted molar refractivity (Wildman–Crippen MR) is 65.9 cm³/mol. The molecule has 4 nitrogen and oxygen atoms in total. The Balaban J connectivity index is 3.72. The van der Waals surface area contributed by atoms with Gasteiger partial charge in [-0.2, -0.15) is 4.89 Å². The van der Waals surface area contributed by atoms with Crippen LogP contribution < -0.4 is 0 Å². The van der Waals surface area contributed by atoms with Gasteiger partial charge >= 0.3 is 5.97 Å². The van der Waals surface area contributed by atoms with Crippen LogP contribution in [0.5, 0.6) is 0 Å². The first-order valence-corrected chi connectivity index (χ1v) is 6.21. The molecule has 0 fully saturated rings. The number of rotatable bonds is 7. The average Bonchev–Trinajstić information content (AvgIpc) is 2.13. The third-order valence-electron chi connectivity index (χ3n) is 2.32. The summed E-state index contributed by atoms with van der Waals surface area (Å²) < 4.78 is 0. The molecule has 0 unspecified atom stereocenters. The molecule has 0 heterocycles. The summed E-state index contributed by atoms with van der Waals surface area (Å²) in [4.78, 5) is 20.9. The Morgan fingerprint density at radius 2 is 1.65 bits per heavy atom. The van der Waals surface area contributed by atoms with Crippen molar-refractivity contribution in [2.24, 2.45) is 5.41 Å². The minimum atomic E-state index is -0.431. The van der Waals surface area contributed by atoms with Crippen LogP contribution in [0.25, 0.3) is 0 Å². The second-order valence-corrected chi connectivity index (χ2v) is 6.18. The van der Waals surface area contributed by atoms with Crippen molar-refractivity contribution in [3.05, 3.63) is 0 Å². The van der Waals surface area contributed by atoms with Gasteiger partial charge in [0.25, 0.3) is 0 Å². The van der Waals surface area contributed by atoms with E-state index in [-0.39, 0.29) is 5.41 Å². The van der Waals surface area contributed by atoms with Gasteiger partial charge in [0.05, 0.1) is 0 Å². The van der Waals surface area contributed by atoms with Crippen LogP contribution in [0, 0.1) is 5.41 Å². The highest BCUT2D eigenvalue weighted by molar-refractivity contribution is 5.68. The molecule has 0 atom stereocenters. The highest BCUT2D eigenvalue weighted by Gasteiger charge is 2.20. The maximum Gasteiger partial charge on any atom is 0.345 e. The SMILES string of the molecule is CCCC(C)(C)OOOC(=O)CCC(C)(C)C. The van der Waals surface area contributed by atoms with E-state index in [0.717, 1.165) is 19.3 Å². The molecular weight excluding hydrogens is 220 g/mol. The predicted octanol–water partition coefficient (Wildman–Crippen LogP) is 3.80. The standard InChI is InChI=1S/C13H26O4/c1-7-9-13(5,6)16-17-15-11(14)8-10-12(2,3)4/h7-10H2,1-6H3. The van der Waals surface area contributed by atoms with Crippen LogP contribution in [0.1, 0.15) is 67.2 Å². The topological polar surface area (TPSA) is 44.8 Å². The highest BCUT2D eigenvalue weighted by atomic mass is 17.5. The van der Waals surface area contributed by atoms with E-state index < -0.39 is 11.6 Å². The molecule has 0 aliphatic heterocycles. The molecule has 0 radical (unpaired) electrons. The van der Waals surface area contributed by atoms with Crippen LogP contribution in [0.4, 0.5) is 0 Å². The number of hydrogen-bond donors (Lipinski definition) is 0. The van der Waals surface area contributed by atoms with Crippen molar-refractivity contribution >= 4 is 5.97 Å². The van der Waals surface area contributed by atoms with Gasteiger partial charge in [0.2, 0.25) is 0 Å². The summed E-state index contributed by atoms with van der Waals surface area (Å²) in [6, 6.07) is 0. The van der Waals surface area contributed by atoms with Gasteiger partial charge in [0.15, 0.2) is 0 Å². The molecular formula is C13H26O4. The molecule has 0 bridgehead atoms. The Morgan fingerprint density at radius 3 is 2.12 bits per heavy atom. The van der Waals surface area contributed by atoms with E-state index in [9.17, 15) is 4.79 Å². The second-order valence-electron chi connectivity index (χ2n) is 6.18. The van der Waals surface area contributed by atoms with Crippen molar-refractivity contribution in [1.29, 1.82) is 0 Å². The van der Waals surface area contributed by atoms with E-state index in [1.807, 2.05) is 13.8 Å². The fraction of sp³-hybridized carbons (Fsp3) is 0.923. The van der Waals surface area contributed by atoms with Crippen LogP contribution in [0.3, 0.4) is 0 Å². The van der Waals surface area contributed by atoms with Crippen molar-refractivity contribution in [3.63, 3.8) is 0 Å². The average molecular weight is 246 g/mol. The first-order chi connectivity index (χ1) is 7.66. The van der Waals surface area contributed by atoms with Crippen molar-refractivity contribution in [3.8, 4) is 0 Å². The maximum atomic E-state index is 11.3. The Morgan fingerprint density at radius 1 is 1.06 bits per heavy atom. The Bertz CT molecular complexity index is 228. The lowest BCUT2D eigenvalue weighted by molar-refractivity contribution is -0.517.